The number of alkyl halides is 3. The molecule has 0 fully saturated rings. The highest BCUT2D eigenvalue weighted by Crippen LogP contribution is 2.35. The van der Waals surface area contributed by atoms with Gasteiger partial charge in [-0.1, -0.05) is 23.7 Å². The summed E-state index contributed by atoms with van der Waals surface area (Å²) in [6, 6.07) is 6.13. The van der Waals surface area contributed by atoms with Crippen LogP contribution in [-0.2, 0) is 24.1 Å². The van der Waals surface area contributed by atoms with Crippen molar-refractivity contribution in [3.63, 3.8) is 0 Å². The molecule has 0 spiro atoms. The van der Waals surface area contributed by atoms with Crippen LogP contribution in [0.15, 0.2) is 24.3 Å². The average molecular weight is 458 g/mol. The smallest absolute Gasteiger partial charge is 0.323 e. The van der Waals surface area contributed by atoms with Gasteiger partial charge < -0.3 is 5.32 Å². The van der Waals surface area contributed by atoms with E-state index in [1.54, 1.807) is 30.7 Å². The maximum absolute atomic E-state index is 13.4. The predicted octanol–water partition coefficient (Wildman–Crippen LogP) is 4.89. The molecule has 0 aliphatic carbocycles. The van der Waals surface area contributed by atoms with E-state index in [1.165, 1.54) is 19.1 Å². The first-order chi connectivity index (χ1) is 14.5. The molecule has 166 valence electrons. The Balaban J connectivity index is 1.68. The number of anilines is 1. The van der Waals surface area contributed by atoms with Gasteiger partial charge in [0.15, 0.2) is 5.69 Å². The molecule has 0 aliphatic rings. The van der Waals surface area contributed by atoms with Crippen molar-refractivity contribution in [1.29, 1.82) is 0 Å². The van der Waals surface area contributed by atoms with Gasteiger partial charge in [0.25, 0.3) is 0 Å². The zero-order valence-corrected chi connectivity index (χ0v) is 17.8. The summed E-state index contributed by atoms with van der Waals surface area (Å²) in [4.78, 5) is 12.4. The molecule has 0 bridgehead atoms. The lowest BCUT2D eigenvalue weighted by Crippen LogP contribution is -2.17. The molecule has 3 aromatic rings. The Hall–Kier alpha value is -2.88. The van der Waals surface area contributed by atoms with Gasteiger partial charge in [0.2, 0.25) is 5.91 Å². The van der Waals surface area contributed by atoms with Crippen molar-refractivity contribution in [3.8, 4) is 0 Å². The van der Waals surface area contributed by atoms with Gasteiger partial charge in [-0.25, -0.2) is 4.39 Å². The molecule has 1 aromatic carbocycles. The van der Waals surface area contributed by atoms with E-state index < -0.39 is 22.8 Å². The number of hydrogen-bond acceptors (Lipinski definition) is 3. The molecule has 31 heavy (non-hydrogen) atoms. The van der Waals surface area contributed by atoms with E-state index in [4.69, 9.17) is 11.6 Å². The lowest BCUT2D eigenvalue weighted by atomic mass is 10.2. The summed E-state index contributed by atoms with van der Waals surface area (Å²) in [6.45, 7) is 5.15. The number of carbonyl (C=O) groups excluding carboxylic acids is 1. The summed E-state index contributed by atoms with van der Waals surface area (Å²) < 4.78 is 54.9. The van der Waals surface area contributed by atoms with Crippen LogP contribution in [0.5, 0.6) is 0 Å². The maximum Gasteiger partial charge on any atom is 0.436 e. The van der Waals surface area contributed by atoms with Crippen molar-refractivity contribution < 1.29 is 22.4 Å². The molecule has 2 heterocycles. The number of benzene rings is 1. The highest BCUT2D eigenvalue weighted by atomic mass is 35.5. The van der Waals surface area contributed by atoms with E-state index in [1.807, 2.05) is 0 Å². The fourth-order valence-electron chi connectivity index (χ4n) is 3.17. The van der Waals surface area contributed by atoms with Crippen LogP contribution < -0.4 is 5.32 Å². The van der Waals surface area contributed by atoms with Crippen molar-refractivity contribution in [2.75, 3.05) is 5.32 Å². The van der Waals surface area contributed by atoms with Crippen LogP contribution in [0.2, 0.25) is 5.02 Å². The molecule has 0 atom stereocenters. The minimum atomic E-state index is -4.67. The van der Waals surface area contributed by atoms with Crippen molar-refractivity contribution >= 4 is 23.2 Å². The molecule has 3 rings (SSSR count). The van der Waals surface area contributed by atoms with Gasteiger partial charge in [0.05, 0.1) is 40.9 Å². The monoisotopic (exact) mass is 457 g/mol. The van der Waals surface area contributed by atoms with Crippen LogP contribution in [0.25, 0.3) is 0 Å². The summed E-state index contributed by atoms with van der Waals surface area (Å²) in [5.41, 5.74) is 1.43. The molecule has 0 saturated carbocycles. The maximum atomic E-state index is 13.4. The number of aryl methyl sites for hydroxylation is 2. The fourth-order valence-corrected chi connectivity index (χ4v) is 3.41. The molecule has 2 aromatic heterocycles. The summed E-state index contributed by atoms with van der Waals surface area (Å²) in [6.07, 6.45) is -4.77. The number of halogens is 5. The first-order valence-corrected chi connectivity index (χ1v) is 9.73. The van der Waals surface area contributed by atoms with Crippen LogP contribution in [-0.4, -0.2) is 25.5 Å². The molecule has 0 unspecified atom stereocenters. The van der Waals surface area contributed by atoms with Crippen molar-refractivity contribution in [2.45, 2.75) is 46.5 Å². The molecule has 11 heteroatoms. The Bertz CT molecular complexity index is 1120. The minimum Gasteiger partial charge on any atom is -0.323 e. The normalized spacial score (nSPS) is 11.7. The van der Waals surface area contributed by atoms with Gasteiger partial charge in [-0.05, 0) is 38.5 Å². The Kier molecular flexibility index (Phi) is 6.40. The predicted molar refractivity (Wildman–Crippen MR) is 107 cm³/mol. The molecule has 6 nitrogen and oxygen atoms in total. The van der Waals surface area contributed by atoms with Crippen LogP contribution in [0.3, 0.4) is 0 Å². The topological polar surface area (TPSA) is 64.7 Å². The number of nitrogens with zero attached hydrogens (tertiary/aromatic N) is 4. The second-order valence-electron chi connectivity index (χ2n) is 7.10. The van der Waals surface area contributed by atoms with Gasteiger partial charge in [-0.15, -0.1) is 0 Å². The largest absolute Gasteiger partial charge is 0.436 e. The lowest BCUT2D eigenvalue weighted by molar-refractivity contribution is -0.141. The van der Waals surface area contributed by atoms with E-state index in [-0.39, 0.29) is 24.5 Å². The van der Waals surface area contributed by atoms with E-state index in [0.29, 0.717) is 23.6 Å². The lowest BCUT2D eigenvalue weighted by Gasteiger charge is -2.08. The van der Waals surface area contributed by atoms with Crippen LogP contribution >= 0.6 is 11.6 Å². The summed E-state index contributed by atoms with van der Waals surface area (Å²) in [5, 5.41) is 10.1. The Morgan fingerprint density at radius 3 is 2.45 bits per heavy atom. The van der Waals surface area contributed by atoms with Crippen LogP contribution in [0, 0.1) is 26.6 Å². The number of carbonyl (C=O) groups is 1. The third-order valence-electron chi connectivity index (χ3n) is 4.82. The molecule has 1 N–H and O–H groups in total. The molecule has 0 radical (unpaired) electrons. The van der Waals surface area contributed by atoms with Gasteiger partial charge >= 0.3 is 6.18 Å². The van der Waals surface area contributed by atoms with Gasteiger partial charge in [-0.2, -0.15) is 23.4 Å². The summed E-state index contributed by atoms with van der Waals surface area (Å²) in [5.74, 6) is -0.758. The SMILES string of the molecule is Cc1nn(Cc2cccc(F)c2)c(C)c1NC(=O)CCn1nc(C(F)(F)F)c(Cl)c1C. The Labute approximate surface area is 180 Å². The van der Waals surface area contributed by atoms with Crippen molar-refractivity contribution in [1.82, 2.24) is 19.6 Å². The third kappa shape index (κ3) is 5.07. The number of amides is 1. The zero-order chi connectivity index (χ0) is 22.9. The van der Waals surface area contributed by atoms with E-state index >= 15 is 0 Å². The van der Waals surface area contributed by atoms with Crippen LogP contribution in [0.1, 0.15) is 34.8 Å². The number of aromatic nitrogens is 4. The zero-order valence-electron chi connectivity index (χ0n) is 17.0. The summed E-state index contributed by atoms with van der Waals surface area (Å²) >= 11 is 5.73. The molecule has 0 aliphatic heterocycles. The third-order valence-corrected chi connectivity index (χ3v) is 5.27. The second kappa shape index (κ2) is 8.70. The quantitative estimate of drug-likeness (QED) is 0.536. The van der Waals surface area contributed by atoms with E-state index in [2.05, 4.69) is 15.5 Å². The molecule has 0 saturated heterocycles. The number of hydrogen-bond donors (Lipinski definition) is 1. The highest BCUT2D eigenvalue weighted by molar-refractivity contribution is 6.31. The van der Waals surface area contributed by atoms with Gasteiger partial charge in [0, 0.05) is 6.42 Å². The van der Waals surface area contributed by atoms with Crippen molar-refractivity contribution in [3.05, 3.63) is 63.4 Å². The Morgan fingerprint density at radius 1 is 1.13 bits per heavy atom. The highest BCUT2D eigenvalue weighted by Gasteiger charge is 2.38. The average Bonchev–Trinajstić information content (AvgIpc) is 3.11. The fraction of sp³-hybridized carbons (Fsp3) is 0.350. The Morgan fingerprint density at radius 2 is 1.84 bits per heavy atom. The van der Waals surface area contributed by atoms with Gasteiger partial charge in [0.1, 0.15) is 5.82 Å². The molecular formula is C20H20ClF4N5O. The van der Waals surface area contributed by atoms with E-state index in [9.17, 15) is 22.4 Å². The number of nitrogens with one attached hydrogen (secondary N) is 1. The first-order valence-electron chi connectivity index (χ1n) is 9.35. The standard InChI is InChI=1S/C20H20ClF4N5O/c1-11-18(13(3)30(27-11)10-14-5-4-6-15(22)9-14)26-16(31)7-8-29-12(2)17(21)19(28-29)20(23,24)25/h4-6,9H,7-8,10H2,1-3H3,(H,26,31). The minimum absolute atomic E-state index is 0.0665. The second-order valence-corrected chi connectivity index (χ2v) is 7.48. The molecule has 1 amide bonds. The van der Waals surface area contributed by atoms with Crippen LogP contribution in [0.4, 0.5) is 23.2 Å². The molecular weight excluding hydrogens is 438 g/mol. The number of rotatable bonds is 6. The van der Waals surface area contributed by atoms with Crippen molar-refractivity contribution in [2.24, 2.45) is 0 Å². The van der Waals surface area contributed by atoms with E-state index in [0.717, 1.165) is 10.2 Å². The summed E-state index contributed by atoms with van der Waals surface area (Å²) in [7, 11) is 0. The first kappa shape index (κ1) is 22.8. The van der Waals surface area contributed by atoms with Gasteiger partial charge in [-0.3, -0.25) is 14.2 Å².